The predicted molar refractivity (Wildman–Crippen MR) is 70.8 cm³/mol. The van der Waals surface area contributed by atoms with Crippen LogP contribution in [0.3, 0.4) is 0 Å². The maximum Gasteiger partial charge on any atom is 0.274 e. The zero-order chi connectivity index (χ0) is 13.4. The fraction of sp³-hybridized carbons (Fsp3) is 0.692. The lowest BCUT2D eigenvalue weighted by Crippen LogP contribution is -2.38. The van der Waals surface area contributed by atoms with E-state index in [0.717, 1.165) is 31.6 Å². The monoisotopic (exact) mass is 264 g/mol. The molecular formula is C13H20N4O2. The summed E-state index contributed by atoms with van der Waals surface area (Å²) in [6, 6.07) is 0.0791. The summed E-state index contributed by atoms with van der Waals surface area (Å²) in [7, 11) is 0. The number of anilines is 1. The predicted octanol–water partition coefficient (Wildman–Crippen LogP) is 1.02. The van der Waals surface area contributed by atoms with Crippen molar-refractivity contribution in [2.24, 2.45) is 5.92 Å². The number of aromatic nitrogens is 2. The molecule has 6 heteroatoms. The van der Waals surface area contributed by atoms with E-state index in [1.54, 1.807) is 0 Å². The molecular weight excluding hydrogens is 244 g/mol. The minimum atomic E-state index is -0.194. The molecule has 3 rings (SSSR count). The van der Waals surface area contributed by atoms with Crippen LogP contribution in [0.25, 0.3) is 0 Å². The third kappa shape index (κ3) is 2.45. The number of carbonyl (C=O) groups is 1. The lowest BCUT2D eigenvalue weighted by molar-refractivity contribution is 0.0918. The van der Waals surface area contributed by atoms with E-state index in [0.29, 0.717) is 29.8 Å². The Morgan fingerprint density at radius 2 is 2.32 bits per heavy atom. The van der Waals surface area contributed by atoms with Crippen LogP contribution in [0.5, 0.6) is 0 Å². The van der Waals surface area contributed by atoms with Crippen molar-refractivity contribution >= 4 is 11.6 Å². The largest absolute Gasteiger partial charge is 0.395 e. The molecule has 104 valence electrons. The van der Waals surface area contributed by atoms with Crippen molar-refractivity contribution < 1.29 is 9.53 Å². The molecule has 1 saturated carbocycles. The van der Waals surface area contributed by atoms with E-state index < -0.39 is 0 Å². The van der Waals surface area contributed by atoms with Crippen LogP contribution in [0.1, 0.15) is 48.3 Å². The van der Waals surface area contributed by atoms with Gasteiger partial charge in [-0.05, 0) is 26.2 Å². The number of rotatable bonds is 4. The van der Waals surface area contributed by atoms with Crippen molar-refractivity contribution in [2.45, 2.75) is 38.1 Å². The third-order valence-electron chi connectivity index (χ3n) is 4.06. The zero-order valence-corrected chi connectivity index (χ0v) is 11.1. The average molecular weight is 264 g/mol. The maximum atomic E-state index is 12.2. The second-order valence-electron chi connectivity index (χ2n) is 5.56. The number of nitrogen functional groups attached to an aromatic ring is 1. The Morgan fingerprint density at radius 3 is 2.95 bits per heavy atom. The van der Waals surface area contributed by atoms with Gasteiger partial charge < -0.3 is 15.8 Å². The molecule has 19 heavy (non-hydrogen) atoms. The van der Waals surface area contributed by atoms with Gasteiger partial charge in [-0.2, -0.15) is 5.10 Å². The van der Waals surface area contributed by atoms with E-state index >= 15 is 0 Å². The van der Waals surface area contributed by atoms with Gasteiger partial charge in [0.05, 0.1) is 18.0 Å². The Balaban J connectivity index is 1.66. The zero-order valence-electron chi connectivity index (χ0n) is 11.1. The first-order chi connectivity index (χ1) is 9.16. The number of ether oxygens (including phenoxy) is 1. The van der Waals surface area contributed by atoms with Gasteiger partial charge in [-0.15, -0.1) is 0 Å². The van der Waals surface area contributed by atoms with Gasteiger partial charge in [0.2, 0.25) is 0 Å². The van der Waals surface area contributed by atoms with Gasteiger partial charge in [0.1, 0.15) is 0 Å². The highest BCUT2D eigenvalue weighted by molar-refractivity contribution is 5.97. The van der Waals surface area contributed by atoms with Gasteiger partial charge in [-0.1, -0.05) is 0 Å². The lowest BCUT2D eigenvalue weighted by atomic mass is 10.0. The van der Waals surface area contributed by atoms with Crippen molar-refractivity contribution in [1.29, 1.82) is 0 Å². The normalized spacial score (nSPS) is 24.4. The van der Waals surface area contributed by atoms with E-state index in [9.17, 15) is 4.79 Å². The summed E-state index contributed by atoms with van der Waals surface area (Å²) in [5.74, 6) is 0.654. The molecule has 2 atom stereocenters. The second-order valence-corrected chi connectivity index (χ2v) is 5.56. The van der Waals surface area contributed by atoms with Crippen molar-refractivity contribution in [3.05, 3.63) is 11.4 Å². The molecule has 2 unspecified atom stereocenters. The number of nitrogens with one attached hydrogen (secondary N) is 2. The molecule has 0 aromatic carbocycles. The first-order valence-electron chi connectivity index (χ1n) is 6.89. The standard InChI is InChI=1S/C13H20N4O2/c1-7(9-4-5-19-6-9)15-13(18)12-10(14)11(16-17-12)8-2-3-8/h7-9H,2-6,14H2,1H3,(H,15,18)(H,16,17). The minimum absolute atomic E-state index is 0.0791. The fourth-order valence-electron chi connectivity index (χ4n) is 2.56. The molecule has 2 fully saturated rings. The van der Waals surface area contributed by atoms with Crippen LogP contribution in [0, 0.1) is 5.92 Å². The van der Waals surface area contributed by atoms with Gasteiger partial charge in [0, 0.05) is 24.5 Å². The Bertz CT molecular complexity index is 475. The Morgan fingerprint density at radius 1 is 1.53 bits per heavy atom. The molecule has 0 spiro atoms. The summed E-state index contributed by atoms with van der Waals surface area (Å²) in [6.45, 7) is 3.49. The summed E-state index contributed by atoms with van der Waals surface area (Å²) in [5.41, 5.74) is 7.75. The van der Waals surface area contributed by atoms with Gasteiger partial charge in [-0.25, -0.2) is 0 Å². The van der Waals surface area contributed by atoms with E-state index in [4.69, 9.17) is 10.5 Å². The maximum absolute atomic E-state index is 12.2. The second kappa shape index (κ2) is 4.85. The first-order valence-corrected chi connectivity index (χ1v) is 6.89. The van der Waals surface area contributed by atoms with Crippen LogP contribution in [0.4, 0.5) is 5.69 Å². The molecule has 1 aliphatic heterocycles. The number of aromatic amines is 1. The molecule has 1 aromatic rings. The third-order valence-corrected chi connectivity index (χ3v) is 4.06. The van der Waals surface area contributed by atoms with Crippen LogP contribution in [0.2, 0.25) is 0 Å². The lowest BCUT2D eigenvalue weighted by Gasteiger charge is -2.18. The molecule has 6 nitrogen and oxygen atoms in total. The van der Waals surface area contributed by atoms with Crippen molar-refractivity contribution in [1.82, 2.24) is 15.5 Å². The Hall–Kier alpha value is -1.56. The number of nitrogens with zero attached hydrogens (tertiary/aromatic N) is 1. The molecule has 1 aromatic heterocycles. The first kappa shape index (κ1) is 12.5. The van der Waals surface area contributed by atoms with Gasteiger partial charge >= 0.3 is 0 Å². The molecule has 0 radical (unpaired) electrons. The van der Waals surface area contributed by atoms with Gasteiger partial charge in [0.15, 0.2) is 5.69 Å². The fourth-order valence-corrected chi connectivity index (χ4v) is 2.56. The van der Waals surface area contributed by atoms with Crippen LogP contribution in [0.15, 0.2) is 0 Å². The quantitative estimate of drug-likeness (QED) is 0.757. The van der Waals surface area contributed by atoms with Crippen LogP contribution in [-0.2, 0) is 4.74 Å². The Kier molecular flexibility index (Phi) is 3.18. The number of hydrogen-bond acceptors (Lipinski definition) is 4. The van der Waals surface area contributed by atoms with Crippen molar-refractivity contribution in [3.63, 3.8) is 0 Å². The highest BCUT2D eigenvalue weighted by atomic mass is 16.5. The van der Waals surface area contributed by atoms with E-state index in [2.05, 4.69) is 15.5 Å². The van der Waals surface area contributed by atoms with Crippen molar-refractivity contribution in [2.75, 3.05) is 18.9 Å². The highest BCUT2D eigenvalue weighted by Gasteiger charge is 2.31. The summed E-state index contributed by atoms with van der Waals surface area (Å²) in [5, 5.41) is 9.93. The topological polar surface area (TPSA) is 93.0 Å². The number of nitrogens with two attached hydrogens (primary N) is 1. The molecule has 0 bridgehead atoms. The number of H-pyrrole nitrogens is 1. The summed E-state index contributed by atoms with van der Waals surface area (Å²) in [4.78, 5) is 12.2. The van der Waals surface area contributed by atoms with E-state index in [-0.39, 0.29) is 11.9 Å². The number of carbonyl (C=O) groups excluding carboxylic acids is 1. The SMILES string of the molecule is CC(NC(=O)c1n[nH]c(C2CC2)c1N)C1CCOC1. The number of amides is 1. The smallest absolute Gasteiger partial charge is 0.274 e. The van der Waals surface area contributed by atoms with Crippen LogP contribution < -0.4 is 11.1 Å². The summed E-state index contributed by atoms with van der Waals surface area (Å²) < 4.78 is 5.34. The number of hydrogen-bond donors (Lipinski definition) is 3. The molecule has 1 amide bonds. The molecule has 1 aliphatic carbocycles. The molecule has 2 heterocycles. The van der Waals surface area contributed by atoms with Gasteiger partial charge in [0.25, 0.3) is 5.91 Å². The molecule has 2 aliphatic rings. The van der Waals surface area contributed by atoms with Gasteiger partial charge in [-0.3, -0.25) is 9.89 Å². The molecule has 1 saturated heterocycles. The minimum Gasteiger partial charge on any atom is -0.395 e. The van der Waals surface area contributed by atoms with E-state index in [1.807, 2.05) is 6.92 Å². The Labute approximate surface area is 112 Å². The highest BCUT2D eigenvalue weighted by Crippen LogP contribution is 2.42. The average Bonchev–Trinajstić information content (AvgIpc) is 2.92. The van der Waals surface area contributed by atoms with Crippen LogP contribution in [-0.4, -0.2) is 35.4 Å². The summed E-state index contributed by atoms with van der Waals surface area (Å²) in [6.07, 6.45) is 3.25. The van der Waals surface area contributed by atoms with Crippen molar-refractivity contribution in [3.8, 4) is 0 Å². The summed E-state index contributed by atoms with van der Waals surface area (Å²) >= 11 is 0. The van der Waals surface area contributed by atoms with Crippen LogP contribution >= 0.6 is 0 Å². The molecule has 4 N–H and O–H groups in total. The van der Waals surface area contributed by atoms with E-state index in [1.165, 1.54) is 0 Å².